The van der Waals surface area contributed by atoms with Crippen LogP contribution in [0, 0.1) is 5.82 Å². The molecule has 1 amide bonds. The molecular formula is C17H16FNO3. The van der Waals surface area contributed by atoms with Crippen molar-refractivity contribution in [3.05, 3.63) is 65.7 Å². The summed E-state index contributed by atoms with van der Waals surface area (Å²) in [5, 5.41) is 2.64. The minimum Gasteiger partial charge on any atom is -0.497 e. The molecule has 5 heteroatoms. The Bertz CT molecular complexity index is 663. The molecule has 0 saturated carbocycles. The van der Waals surface area contributed by atoms with Crippen molar-refractivity contribution < 1.29 is 18.7 Å². The number of rotatable bonds is 5. The van der Waals surface area contributed by atoms with Crippen LogP contribution in [0.25, 0.3) is 6.08 Å². The molecule has 0 bridgehead atoms. The molecule has 0 aliphatic rings. The molecule has 2 rings (SSSR count). The normalized spacial score (nSPS) is 11.0. The number of amides is 1. The van der Waals surface area contributed by atoms with E-state index in [0.717, 1.165) is 11.3 Å². The first kappa shape index (κ1) is 15.6. The molecule has 0 fully saturated rings. The van der Waals surface area contributed by atoms with Gasteiger partial charge in [-0.25, -0.2) is 4.39 Å². The Hall–Kier alpha value is -2.82. The number of hydrogen-bond acceptors (Lipinski definition) is 3. The van der Waals surface area contributed by atoms with E-state index in [2.05, 4.69) is 5.32 Å². The van der Waals surface area contributed by atoms with Crippen LogP contribution in [-0.2, 0) is 9.53 Å². The second kappa shape index (κ2) is 7.26. The second-order valence-corrected chi connectivity index (χ2v) is 4.45. The Kier molecular flexibility index (Phi) is 5.14. The first-order valence-corrected chi connectivity index (χ1v) is 6.59. The molecule has 0 spiro atoms. The lowest BCUT2D eigenvalue weighted by Gasteiger charge is -2.08. The summed E-state index contributed by atoms with van der Waals surface area (Å²) in [5.74, 6) is 0.102. The van der Waals surface area contributed by atoms with E-state index in [1.807, 2.05) is 12.1 Å². The van der Waals surface area contributed by atoms with Crippen molar-refractivity contribution in [2.45, 2.75) is 0 Å². The molecule has 0 heterocycles. The maximum Gasteiger partial charge on any atom is 0.290 e. The van der Waals surface area contributed by atoms with Gasteiger partial charge in [-0.2, -0.15) is 0 Å². The lowest BCUT2D eigenvalue weighted by molar-refractivity contribution is -0.115. The molecule has 4 nitrogen and oxygen atoms in total. The van der Waals surface area contributed by atoms with Gasteiger partial charge in [0.05, 0.1) is 14.2 Å². The minimum absolute atomic E-state index is 0.148. The zero-order valence-corrected chi connectivity index (χ0v) is 12.3. The highest BCUT2D eigenvalue weighted by Crippen LogP contribution is 2.16. The predicted octanol–water partition coefficient (Wildman–Crippen LogP) is 3.46. The number of nitrogens with one attached hydrogen (secondary N) is 1. The van der Waals surface area contributed by atoms with Crippen LogP contribution in [0.5, 0.6) is 5.75 Å². The van der Waals surface area contributed by atoms with Crippen LogP contribution < -0.4 is 10.1 Å². The largest absolute Gasteiger partial charge is 0.497 e. The van der Waals surface area contributed by atoms with Crippen LogP contribution in [0.4, 0.5) is 10.1 Å². The van der Waals surface area contributed by atoms with Crippen LogP contribution in [0.3, 0.4) is 0 Å². The molecule has 2 aromatic carbocycles. The van der Waals surface area contributed by atoms with Gasteiger partial charge in [-0.15, -0.1) is 0 Å². The number of anilines is 1. The third kappa shape index (κ3) is 4.09. The Morgan fingerprint density at radius 2 is 1.68 bits per heavy atom. The lowest BCUT2D eigenvalue weighted by Crippen LogP contribution is -2.15. The Morgan fingerprint density at radius 3 is 2.23 bits per heavy atom. The SMILES string of the molecule is CO/C(=C\c1ccc(OC)cc1)C(=O)Nc1ccc(F)cc1. The third-order valence-electron chi connectivity index (χ3n) is 2.96. The maximum absolute atomic E-state index is 12.8. The van der Waals surface area contributed by atoms with Gasteiger partial charge in [-0.3, -0.25) is 4.79 Å². The number of carbonyl (C=O) groups is 1. The van der Waals surface area contributed by atoms with E-state index in [-0.39, 0.29) is 11.6 Å². The van der Waals surface area contributed by atoms with Crippen LogP contribution in [0.1, 0.15) is 5.56 Å². The van der Waals surface area contributed by atoms with Crippen molar-refractivity contribution in [1.82, 2.24) is 0 Å². The topological polar surface area (TPSA) is 47.6 Å². The molecule has 0 atom stereocenters. The zero-order chi connectivity index (χ0) is 15.9. The third-order valence-corrected chi connectivity index (χ3v) is 2.96. The van der Waals surface area contributed by atoms with Crippen molar-refractivity contribution in [2.75, 3.05) is 19.5 Å². The number of methoxy groups -OCH3 is 2. The molecule has 0 saturated heterocycles. The zero-order valence-electron chi connectivity index (χ0n) is 12.3. The highest BCUT2D eigenvalue weighted by molar-refractivity contribution is 6.05. The van der Waals surface area contributed by atoms with E-state index in [1.165, 1.54) is 31.4 Å². The average molecular weight is 301 g/mol. The van der Waals surface area contributed by atoms with E-state index in [4.69, 9.17) is 9.47 Å². The Morgan fingerprint density at radius 1 is 1.05 bits per heavy atom. The number of carbonyl (C=O) groups excluding carboxylic acids is 1. The number of ether oxygens (including phenoxy) is 2. The van der Waals surface area contributed by atoms with Crippen molar-refractivity contribution in [3.63, 3.8) is 0 Å². The van der Waals surface area contributed by atoms with Gasteiger partial charge >= 0.3 is 0 Å². The fourth-order valence-electron chi connectivity index (χ4n) is 1.79. The van der Waals surface area contributed by atoms with Gasteiger partial charge < -0.3 is 14.8 Å². The van der Waals surface area contributed by atoms with E-state index in [0.29, 0.717) is 5.69 Å². The summed E-state index contributed by atoms with van der Waals surface area (Å²) in [5.41, 5.74) is 1.29. The molecular weight excluding hydrogens is 285 g/mol. The van der Waals surface area contributed by atoms with Crippen molar-refractivity contribution in [2.24, 2.45) is 0 Å². The summed E-state index contributed by atoms with van der Waals surface area (Å²) in [6.07, 6.45) is 1.61. The molecule has 1 N–H and O–H groups in total. The maximum atomic E-state index is 12.8. The second-order valence-electron chi connectivity index (χ2n) is 4.45. The van der Waals surface area contributed by atoms with Crippen LogP contribution in [-0.4, -0.2) is 20.1 Å². The number of hydrogen-bond donors (Lipinski definition) is 1. The fraction of sp³-hybridized carbons (Fsp3) is 0.118. The standard InChI is InChI=1S/C17H16FNO3/c1-21-15-9-3-12(4-10-15)11-16(22-2)17(20)19-14-7-5-13(18)6-8-14/h3-11H,1-2H3,(H,19,20)/b16-11-. The molecule has 22 heavy (non-hydrogen) atoms. The van der Waals surface area contributed by atoms with Gasteiger partial charge in [-0.05, 0) is 48.0 Å². The minimum atomic E-state index is -0.412. The molecule has 0 unspecified atom stereocenters. The Balaban J connectivity index is 2.13. The summed E-state index contributed by atoms with van der Waals surface area (Å²) in [4.78, 5) is 12.1. The van der Waals surface area contributed by atoms with Gasteiger partial charge in [0, 0.05) is 5.69 Å². The summed E-state index contributed by atoms with van der Waals surface area (Å²) < 4.78 is 23.0. The highest BCUT2D eigenvalue weighted by atomic mass is 19.1. The van der Waals surface area contributed by atoms with E-state index in [1.54, 1.807) is 25.3 Å². The van der Waals surface area contributed by atoms with E-state index >= 15 is 0 Å². The monoisotopic (exact) mass is 301 g/mol. The molecule has 114 valence electrons. The first-order valence-electron chi connectivity index (χ1n) is 6.59. The van der Waals surface area contributed by atoms with Crippen molar-refractivity contribution >= 4 is 17.7 Å². The molecule has 0 aromatic heterocycles. The van der Waals surface area contributed by atoms with Crippen molar-refractivity contribution in [1.29, 1.82) is 0 Å². The average Bonchev–Trinajstić information content (AvgIpc) is 2.55. The summed E-state index contributed by atoms with van der Waals surface area (Å²) in [6, 6.07) is 12.7. The van der Waals surface area contributed by atoms with Crippen LogP contribution in [0.15, 0.2) is 54.3 Å². The molecule has 0 radical (unpaired) electrons. The summed E-state index contributed by atoms with van der Waals surface area (Å²) >= 11 is 0. The van der Waals surface area contributed by atoms with Gasteiger partial charge in [0.1, 0.15) is 11.6 Å². The van der Waals surface area contributed by atoms with Crippen LogP contribution >= 0.6 is 0 Å². The van der Waals surface area contributed by atoms with Gasteiger partial charge in [0.25, 0.3) is 5.91 Å². The summed E-state index contributed by atoms with van der Waals surface area (Å²) in [7, 11) is 3.00. The lowest BCUT2D eigenvalue weighted by atomic mass is 10.2. The van der Waals surface area contributed by atoms with Gasteiger partial charge in [0.15, 0.2) is 5.76 Å². The molecule has 2 aromatic rings. The van der Waals surface area contributed by atoms with Crippen LogP contribution in [0.2, 0.25) is 0 Å². The quantitative estimate of drug-likeness (QED) is 0.679. The van der Waals surface area contributed by atoms with E-state index < -0.39 is 5.91 Å². The number of halogens is 1. The van der Waals surface area contributed by atoms with Gasteiger partial charge in [-0.1, -0.05) is 12.1 Å². The molecule has 0 aliphatic heterocycles. The smallest absolute Gasteiger partial charge is 0.290 e. The Labute approximate surface area is 128 Å². The predicted molar refractivity (Wildman–Crippen MR) is 83.0 cm³/mol. The summed E-state index contributed by atoms with van der Waals surface area (Å²) in [6.45, 7) is 0. The fourth-order valence-corrected chi connectivity index (χ4v) is 1.79. The van der Waals surface area contributed by atoms with Crippen molar-refractivity contribution in [3.8, 4) is 5.75 Å². The van der Waals surface area contributed by atoms with Gasteiger partial charge in [0.2, 0.25) is 0 Å². The molecule has 0 aliphatic carbocycles. The number of benzene rings is 2. The first-order chi connectivity index (χ1) is 10.6. The highest BCUT2D eigenvalue weighted by Gasteiger charge is 2.10. The van der Waals surface area contributed by atoms with E-state index in [9.17, 15) is 9.18 Å².